The number of benzene rings is 2. The molecule has 0 N–H and O–H groups in total. The molecule has 0 aliphatic heterocycles. The summed E-state index contributed by atoms with van der Waals surface area (Å²) in [4.78, 5) is 9.92. The van der Waals surface area contributed by atoms with Gasteiger partial charge in [0, 0.05) is 18.2 Å². The van der Waals surface area contributed by atoms with Crippen molar-refractivity contribution in [1.82, 2.24) is 9.78 Å². The van der Waals surface area contributed by atoms with Crippen molar-refractivity contribution in [2.24, 2.45) is 0 Å². The van der Waals surface area contributed by atoms with Crippen molar-refractivity contribution in [2.75, 3.05) is 0 Å². The molecule has 11 heteroatoms. The molecule has 1 aromatic heterocycles. The Kier molecular flexibility index (Phi) is 5.83. The van der Waals surface area contributed by atoms with Gasteiger partial charge in [-0.05, 0) is 43.7 Å². The van der Waals surface area contributed by atoms with Crippen LogP contribution in [0.15, 0.2) is 53.4 Å². The first-order chi connectivity index (χ1) is 13.6. The third-order valence-corrected chi connectivity index (χ3v) is 6.13. The Bertz CT molecular complexity index is 1180. The van der Waals surface area contributed by atoms with Gasteiger partial charge < -0.3 is 4.18 Å². The molecule has 0 fully saturated rings. The van der Waals surface area contributed by atoms with Crippen LogP contribution < -0.4 is 4.18 Å². The van der Waals surface area contributed by atoms with Crippen LogP contribution in [0.1, 0.15) is 24.2 Å². The van der Waals surface area contributed by atoms with Gasteiger partial charge in [-0.25, -0.2) is 4.68 Å². The van der Waals surface area contributed by atoms with E-state index in [1.165, 1.54) is 10.7 Å². The highest BCUT2D eigenvalue weighted by molar-refractivity contribution is 7.87. The number of nitro groups is 1. The standard InChI is InChI=1S/C18H15Cl2N3O5S/c1-11-9-18(22(21-11)12(2)13-3-8-16(19)17(20)10-13)28-29(26,27)15-6-4-14(5-7-15)23(24)25/h3-10,12H,1-2H3. The average Bonchev–Trinajstić information content (AvgIpc) is 3.02. The zero-order valence-electron chi connectivity index (χ0n) is 15.2. The molecule has 1 heterocycles. The van der Waals surface area contributed by atoms with Crippen LogP contribution in [0.3, 0.4) is 0 Å². The fraction of sp³-hybridized carbons (Fsp3) is 0.167. The van der Waals surface area contributed by atoms with E-state index in [0.29, 0.717) is 15.7 Å². The van der Waals surface area contributed by atoms with Crippen LogP contribution >= 0.6 is 23.2 Å². The van der Waals surface area contributed by atoms with Gasteiger partial charge in [0.25, 0.3) is 5.69 Å². The molecule has 0 radical (unpaired) electrons. The number of non-ortho nitro benzene ring substituents is 1. The fourth-order valence-corrected chi connectivity index (χ4v) is 3.86. The van der Waals surface area contributed by atoms with Crippen LogP contribution in [-0.2, 0) is 10.1 Å². The van der Waals surface area contributed by atoms with Crippen molar-refractivity contribution in [3.63, 3.8) is 0 Å². The zero-order valence-corrected chi connectivity index (χ0v) is 17.6. The molecule has 0 saturated heterocycles. The Balaban J connectivity index is 1.93. The minimum atomic E-state index is -4.23. The van der Waals surface area contributed by atoms with Gasteiger partial charge in [-0.1, -0.05) is 29.3 Å². The second kappa shape index (κ2) is 8.02. The number of aryl methyl sites for hydroxylation is 1. The highest BCUT2D eigenvalue weighted by Crippen LogP contribution is 2.31. The van der Waals surface area contributed by atoms with Crippen LogP contribution in [0.4, 0.5) is 5.69 Å². The smallest absolute Gasteiger partial charge is 0.340 e. The van der Waals surface area contributed by atoms with E-state index in [2.05, 4.69) is 5.10 Å². The minimum Gasteiger partial charge on any atom is -0.358 e. The van der Waals surface area contributed by atoms with E-state index < -0.39 is 21.1 Å². The van der Waals surface area contributed by atoms with Gasteiger partial charge in [-0.2, -0.15) is 13.5 Å². The highest BCUT2D eigenvalue weighted by atomic mass is 35.5. The van der Waals surface area contributed by atoms with Crippen molar-refractivity contribution < 1.29 is 17.5 Å². The van der Waals surface area contributed by atoms with Gasteiger partial charge in [0.2, 0.25) is 5.88 Å². The summed E-state index contributed by atoms with van der Waals surface area (Å²) in [6.45, 7) is 3.50. The molecule has 8 nitrogen and oxygen atoms in total. The normalized spacial score (nSPS) is 12.6. The van der Waals surface area contributed by atoms with E-state index in [9.17, 15) is 18.5 Å². The summed E-state index contributed by atoms with van der Waals surface area (Å²) in [5, 5.41) is 15.8. The van der Waals surface area contributed by atoms with Crippen molar-refractivity contribution in [2.45, 2.75) is 24.8 Å². The molecule has 0 saturated carbocycles. The lowest BCUT2D eigenvalue weighted by Gasteiger charge is -2.16. The second-order valence-corrected chi connectivity index (χ2v) is 8.57. The van der Waals surface area contributed by atoms with Crippen LogP contribution in [0.2, 0.25) is 10.0 Å². The Morgan fingerprint density at radius 2 is 1.76 bits per heavy atom. The minimum absolute atomic E-state index is 0.000532. The number of rotatable bonds is 6. The van der Waals surface area contributed by atoms with Crippen molar-refractivity contribution in [3.05, 3.63) is 79.9 Å². The number of hydrogen-bond acceptors (Lipinski definition) is 6. The summed E-state index contributed by atoms with van der Waals surface area (Å²) in [6, 6.07) is 10.6. The summed E-state index contributed by atoms with van der Waals surface area (Å²) in [5.41, 5.74) is 1.07. The molecule has 1 atom stereocenters. The van der Waals surface area contributed by atoms with Gasteiger partial charge in [0.15, 0.2) is 0 Å². The maximum absolute atomic E-state index is 12.6. The molecule has 2 aromatic carbocycles. The van der Waals surface area contributed by atoms with Crippen LogP contribution in [0.25, 0.3) is 0 Å². The van der Waals surface area contributed by atoms with Gasteiger partial charge in [-0.3, -0.25) is 10.1 Å². The van der Waals surface area contributed by atoms with E-state index >= 15 is 0 Å². The van der Waals surface area contributed by atoms with E-state index in [1.54, 1.807) is 32.0 Å². The Morgan fingerprint density at radius 3 is 2.34 bits per heavy atom. The third kappa shape index (κ3) is 4.52. The average molecular weight is 456 g/mol. The topological polar surface area (TPSA) is 104 Å². The van der Waals surface area contributed by atoms with Crippen molar-refractivity contribution >= 4 is 39.0 Å². The molecule has 0 amide bonds. The van der Waals surface area contributed by atoms with E-state index in [-0.39, 0.29) is 16.5 Å². The molecule has 0 aliphatic rings. The quantitative estimate of drug-likeness (QED) is 0.300. The van der Waals surface area contributed by atoms with Crippen LogP contribution in [0.5, 0.6) is 5.88 Å². The van der Waals surface area contributed by atoms with E-state index in [4.69, 9.17) is 27.4 Å². The summed E-state index contributed by atoms with van der Waals surface area (Å²) < 4.78 is 32.0. The predicted octanol–water partition coefficient (Wildman–Crippen LogP) is 4.78. The Morgan fingerprint density at radius 1 is 1.10 bits per heavy atom. The summed E-state index contributed by atoms with van der Waals surface area (Å²) in [7, 11) is -4.23. The monoisotopic (exact) mass is 455 g/mol. The first kappa shape index (κ1) is 21.1. The summed E-state index contributed by atoms with van der Waals surface area (Å²) >= 11 is 12.0. The lowest BCUT2D eigenvalue weighted by atomic mass is 10.1. The maximum atomic E-state index is 12.6. The fourth-order valence-electron chi connectivity index (χ4n) is 2.64. The number of nitrogens with zero attached hydrogens (tertiary/aromatic N) is 3. The number of aromatic nitrogens is 2. The molecular formula is C18H15Cl2N3O5S. The van der Waals surface area contributed by atoms with Crippen molar-refractivity contribution in [3.8, 4) is 5.88 Å². The molecule has 3 aromatic rings. The van der Waals surface area contributed by atoms with Gasteiger partial charge in [-0.15, -0.1) is 0 Å². The molecule has 29 heavy (non-hydrogen) atoms. The highest BCUT2D eigenvalue weighted by Gasteiger charge is 2.23. The molecule has 0 spiro atoms. The second-order valence-electron chi connectivity index (χ2n) is 6.21. The molecule has 3 rings (SSSR count). The van der Waals surface area contributed by atoms with Gasteiger partial charge in [0.05, 0.1) is 26.7 Å². The number of nitro benzene ring substituents is 1. The lowest BCUT2D eigenvalue weighted by molar-refractivity contribution is -0.384. The number of hydrogen-bond donors (Lipinski definition) is 0. The molecular weight excluding hydrogens is 441 g/mol. The van der Waals surface area contributed by atoms with E-state index in [0.717, 1.165) is 29.8 Å². The number of halogens is 2. The Labute approximate surface area is 176 Å². The zero-order chi connectivity index (χ0) is 21.3. The van der Waals surface area contributed by atoms with Gasteiger partial charge in [0.1, 0.15) is 4.90 Å². The van der Waals surface area contributed by atoms with Gasteiger partial charge >= 0.3 is 10.1 Å². The first-order valence-corrected chi connectivity index (χ1v) is 10.4. The molecule has 152 valence electrons. The largest absolute Gasteiger partial charge is 0.358 e. The summed E-state index contributed by atoms with van der Waals surface area (Å²) in [5.74, 6) is -0.000532. The Hall–Kier alpha value is -2.62. The predicted molar refractivity (Wildman–Crippen MR) is 108 cm³/mol. The molecule has 0 bridgehead atoms. The van der Waals surface area contributed by atoms with Crippen molar-refractivity contribution in [1.29, 1.82) is 0 Å². The summed E-state index contributed by atoms with van der Waals surface area (Å²) in [6.07, 6.45) is 0. The molecule has 0 aliphatic carbocycles. The van der Waals surface area contributed by atoms with E-state index in [1.807, 2.05) is 0 Å². The third-order valence-electron chi connectivity index (χ3n) is 4.15. The molecule has 1 unspecified atom stereocenters. The maximum Gasteiger partial charge on any atom is 0.340 e. The lowest BCUT2D eigenvalue weighted by Crippen LogP contribution is -2.16. The SMILES string of the molecule is Cc1cc(OS(=O)(=O)c2ccc([N+](=O)[O-])cc2)n(C(C)c2ccc(Cl)c(Cl)c2)n1. The first-order valence-electron chi connectivity index (χ1n) is 8.28. The van der Waals surface area contributed by atoms with Crippen LogP contribution in [0, 0.1) is 17.0 Å². The van der Waals surface area contributed by atoms with Crippen LogP contribution in [-0.4, -0.2) is 23.1 Å².